The second-order valence-corrected chi connectivity index (χ2v) is 3.07. The van der Waals surface area contributed by atoms with Crippen molar-refractivity contribution in [1.82, 2.24) is 19.7 Å². The van der Waals surface area contributed by atoms with E-state index in [1.807, 2.05) is 19.1 Å². The fraction of sp³-hybridized carbons (Fsp3) is 0.222. The summed E-state index contributed by atoms with van der Waals surface area (Å²) in [6.45, 7) is 1.90. The molecule has 14 heavy (non-hydrogen) atoms. The van der Waals surface area contributed by atoms with Crippen LogP contribution >= 0.6 is 0 Å². The Morgan fingerprint density at radius 1 is 1.43 bits per heavy atom. The summed E-state index contributed by atoms with van der Waals surface area (Å²) >= 11 is 0. The zero-order valence-corrected chi connectivity index (χ0v) is 7.83. The van der Waals surface area contributed by atoms with Gasteiger partial charge in [-0.25, -0.2) is 9.67 Å². The first-order valence-electron chi connectivity index (χ1n) is 4.34. The van der Waals surface area contributed by atoms with Crippen LogP contribution in [0.3, 0.4) is 0 Å². The van der Waals surface area contributed by atoms with Gasteiger partial charge in [0.25, 0.3) is 0 Å². The predicted molar refractivity (Wildman–Crippen MR) is 51.8 cm³/mol. The summed E-state index contributed by atoms with van der Waals surface area (Å²) in [6, 6.07) is 3.77. The monoisotopic (exact) mass is 189 g/mol. The average molecular weight is 189 g/mol. The highest BCUT2D eigenvalue weighted by Crippen LogP contribution is 2.08. The molecule has 0 unspecified atom stereocenters. The lowest BCUT2D eigenvalue weighted by molar-refractivity contribution is 0.774. The van der Waals surface area contributed by atoms with Crippen LogP contribution in [-0.2, 0) is 0 Å². The van der Waals surface area contributed by atoms with E-state index in [0.29, 0.717) is 0 Å². The van der Waals surface area contributed by atoms with E-state index in [1.54, 1.807) is 17.2 Å². The van der Waals surface area contributed by atoms with Crippen molar-refractivity contribution in [3.8, 4) is 5.69 Å². The van der Waals surface area contributed by atoms with Gasteiger partial charge >= 0.3 is 0 Å². The largest absolute Gasteiger partial charge is 0.323 e. The Morgan fingerprint density at radius 3 is 2.79 bits per heavy atom. The molecule has 0 aliphatic carbocycles. The minimum Gasteiger partial charge on any atom is -0.323 e. The molecule has 0 spiro atoms. The highest BCUT2D eigenvalue weighted by atomic mass is 15.3. The van der Waals surface area contributed by atoms with Gasteiger partial charge in [-0.1, -0.05) is 0 Å². The van der Waals surface area contributed by atoms with Crippen molar-refractivity contribution < 1.29 is 0 Å². The average Bonchev–Trinajstić information content (AvgIpc) is 2.71. The highest BCUT2D eigenvalue weighted by molar-refractivity contribution is 5.28. The van der Waals surface area contributed by atoms with Gasteiger partial charge in [0.2, 0.25) is 0 Å². The van der Waals surface area contributed by atoms with Gasteiger partial charge in [0.05, 0.1) is 17.6 Å². The van der Waals surface area contributed by atoms with E-state index in [0.717, 1.165) is 11.4 Å². The van der Waals surface area contributed by atoms with E-state index in [-0.39, 0.29) is 6.04 Å². The zero-order valence-electron chi connectivity index (χ0n) is 7.83. The van der Waals surface area contributed by atoms with E-state index < -0.39 is 0 Å². The van der Waals surface area contributed by atoms with Crippen LogP contribution in [0.15, 0.2) is 31.0 Å². The van der Waals surface area contributed by atoms with E-state index in [9.17, 15) is 0 Å². The number of aromatic nitrogens is 4. The molecule has 0 aliphatic rings. The van der Waals surface area contributed by atoms with Crippen LogP contribution in [0.5, 0.6) is 0 Å². The molecular weight excluding hydrogens is 178 g/mol. The zero-order chi connectivity index (χ0) is 9.97. The Labute approximate surface area is 81.6 Å². The molecule has 2 aromatic heterocycles. The Morgan fingerprint density at radius 2 is 2.29 bits per heavy atom. The Bertz CT molecular complexity index is 390. The second-order valence-electron chi connectivity index (χ2n) is 3.07. The predicted octanol–water partition coefficient (Wildman–Crippen LogP) is 0.682. The summed E-state index contributed by atoms with van der Waals surface area (Å²) in [4.78, 5) is 8.08. The van der Waals surface area contributed by atoms with Crippen molar-refractivity contribution in [1.29, 1.82) is 0 Å². The van der Waals surface area contributed by atoms with Gasteiger partial charge in [0, 0.05) is 6.04 Å². The fourth-order valence-corrected chi connectivity index (χ4v) is 1.14. The van der Waals surface area contributed by atoms with Crippen molar-refractivity contribution in [3.63, 3.8) is 0 Å². The van der Waals surface area contributed by atoms with Gasteiger partial charge in [-0.15, -0.1) is 0 Å². The molecule has 2 heterocycles. The van der Waals surface area contributed by atoms with Gasteiger partial charge in [0.15, 0.2) is 0 Å². The summed E-state index contributed by atoms with van der Waals surface area (Å²) in [5, 5.41) is 4.00. The smallest absolute Gasteiger partial charge is 0.138 e. The topological polar surface area (TPSA) is 69.6 Å². The molecule has 0 fully saturated rings. The second kappa shape index (κ2) is 3.55. The first kappa shape index (κ1) is 8.83. The number of nitrogens with zero attached hydrogens (tertiary/aromatic N) is 4. The Balaban J connectivity index is 2.31. The molecule has 0 bridgehead atoms. The third kappa shape index (κ3) is 1.62. The van der Waals surface area contributed by atoms with Gasteiger partial charge in [-0.3, -0.25) is 4.98 Å². The minimum absolute atomic E-state index is 0.0419. The van der Waals surface area contributed by atoms with Crippen molar-refractivity contribution in [2.24, 2.45) is 5.73 Å². The first-order valence-corrected chi connectivity index (χ1v) is 4.34. The Hall–Kier alpha value is -1.75. The lowest BCUT2D eigenvalue weighted by Gasteiger charge is -2.05. The van der Waals surface area contributed by atoms with Crippen LogP contribution in [0, 0.1) is 0 Å². The van der Waals surface area contributed by atoms with E-state index in [4.69, 9.17) is 5.73 Å². The number of rotatable bonds is 2. The molecule has 2 N–H and O–H groups in total. The number of nitrogens with two attached hydrogens (primary N) is 1. The van der Waals surface area contributed by atoms with Gasteiger partial charge in [-0.05, 0) is 19.1 Å². The molecule has 0 aromatic carbocycles. The molecule has 0 aliphatic heterocycles. The maximum absolute atomic E-state index is 5.69. The van der Waals surface area contributed by atoms with Crippen molar-refractivity contribution in [2.45, 2.75) is 13.0 Å². The van der Waals surface area contributed by atoms with Crippen LogP contribution in [0.1, 0.15) is 18.7 Å². The SMILES string of the molecule is C[C@H](N)c1ccc(-n2cncn2)cn1. The summed E-state index contributed by atoms with van der Waals surface area (Å²) in [5.41, 5.74) is 7.44. The van der Waals surface area contributed by atoms with Gasteiger partial charge in [-0.2, -0.15) is 5.10 Å². The van der Waals surface area contributed by atoms with Crippen LogP contribution in [-0.4, -0.2) is 19.7 Å². The molecule has 1 atom stereocenters. The minimum atomic E-state index is -0.0419. The lowest BCUT2D eigenvalue weighted by atomic mass is 10.2. The molecule has 2 aromatic rings. The third-order valence-electron chi connectivity index (χ3n) is 1.92. The van der Waals surface area contributed by atoms with Crippen LogP contribution in [0.25, 0.3) is 5.69 Å². The molecule has 5 nitrogen and oxygen atoms in total. The van der Waals surface area contributed by atoms with Gasteiger partial charge < -0.3 is 5.73 Å². The molecule has 0 amide bonds. The molecule has 72 valence electrons. The maximum Gasteiger partial charge on any atom is 0.138 e. The highest BCUT2D eigenvalue weighted by Gasteiger charge is 2.01. The lowest BCUT2D eigenvalue weighted by Crippen LogP contribution is -2.07. The summed E-state index contributed by atoms with van der Waals surface area (Å²) in [7, 11) is 0. The first-order chi connectivity index (χ1) is 6.77. The molecule has 0 saturated heterocycles. The quantitative estimate of drug-likeness (QED) is 0.754. The third-order valence-corrected chi connectivity index (χ3v) is 1.92. The standard InChI is InChI=1S/C9H11N5/c1-7(10)9-3-2-8(4-12-9)14-6-11-5-13-14/h2-7H,10H2,1H3/t7-/m0/s1. The van der Waals surface area contributed by atoms with Crippen LogP contribution < -0.4 is 5.73 Å². The van der Waals surface area contributed by atoms with Gasteiger partial charge in [0.1, 0.15) is 12.7 Å². The summed E-state index contributed by atoms with van der Waals surface area (Å²) in [6.07, 6.45) is 4.84. The fourth-order valence-electron chi connectivity index (χ4n) is 1.14. The van der Waals surface area contributed by atoms with E-state index in [2.05, 4.69) is 15.1 Å². The summed E-state index contributed by atoms with van der Waals surface area (Å²) < 4.78 is 1.65. The maximum atomic E-state index is 5.69. The molecular formula is C9H11N5. The van der Waals surface area contributed by atoms with Crippen LogP contribution in [0.4, 0.5) is 0 Å². The molecule has 0 saturated carbocycles. The number of pyridine rings is 1. The van der Waals surface area contributed by atoms with Crippen LogP contribution in [0.2, 0.25) is 0 Å². The number of hydrogen-bond donors (Lipinski definition) is 1. The van der Waals surface area contributed by atoms with Crippen molar-refractivity contribution in [3.05, 3.63) is 36.7 Å². The number of hydrogen-bond acceptors (Lipinski definition) is 4. The normalized spacial score (nSPS) is 12.7. The van der Waals surface area contributed by atoms with Crippen molar-refractivity contribution in [2.75, 3.05) is 0 Å². The molecule has 2 rings (SSSR count). The van der Waals surface area contributed by atoms with E-state index >= 15 is 0 Å². The van der Waals surface area contributed by atoms with Crippen molar-refractivity contribution >= 4 is 0 Å². The summed E-state index contributed by atoms with van der Waals surface area (Å²) in [5.74, 6) is 0. The van der Waals surface area contributed by atoms with E-state index in [1.165, 1.54) is 6.33 Å². The Kier molecular flexibility index (Phi) is 2.24. The molecule has 5 heteroatoms. The molecule has 0 radical (unpaired) electrons.